The Morgan fingerprint density at radius 2 is 2.08 bits per heavy atom. The van der Waals surface area contributed by atoms with Gasteiger partial charge in [-0.3, -0.25) is 4.79 Å². The molecule has 0 aliphatic heterocycles. The first kappa shape index (κ1) is 13.0. The summed E-state index contributed by atoms with van der Waals surface area (Å²) < 4.78 is 34.7. The summed E-state index contributed by atoms with van der Waals surface area (Å²) in [6, 6.07) is 0. The van der Waals surface area contributed by atoms with E-state index in [1.165, 1.54) is 0 Å². The maximum Gasteiger partial charge on any atom is 0.441 e. The zero-order valence-corrected chi connectivity index (χ0v) is 8.44. The van der Waals surface area contributed by atoms with Crippen LogP contribution in [0, 0.1) is 0 Å². The summed E-state index contributed by atoms with van der Waals surface area (Å²) in [6.07, 6.45) is 0.236. The highest BCUT2D eigenvalue weighted by Crippen LogP contribution is 2.29. The molecule has 0 bridgehead atoms. The van der Waals surface area contributed by atoms with Crippen molar-refractivity contribution in [3.05, 3.63) is 0 Å². The van der Waals surface area contributed by atoms with E-state index in [0.29, 0.717) is 5.75 Å². The summed E-state index contributed by atoms with van der Waals surface area (Å²) in [4.78, 5) is 10.7. The fourth-order valence-corrected chi connectivity index (χ4v) is 1.19. The maximum absolute atomic E-state index is 11.6. The molecule has 0 aromatic carbocycles. The van der Waals surface area contributed by atoms with Gasteiger partial charge in [0.05, 0.1) is 0 Å². The first-order chi connectivity index (χ1) is 5.95. The van der Waals surface area contributed by atoms with E-state index in [0.717, 1.165) is 0 Å². The third kappa shape index (κ3) is 9.88. The predicted octanol–water partition coefficient (Wildman–Crippen LogP) is 1.68. The smallest absolute Gasteiger partial charge is 0.355 e. The molecule has 0 saturated carbocycles. The fourth-order valence-electron chi connectivity index (χ4n) is 0.547. The zero-order chi connectivity index (χ0) is 10.3. The molecular formula is C6H10F3NOS2. The quantitative estimate of drug-likeness (QED) is 0.559. The standard InChI is InChI=1S/C6H10F3NOS2/c7-6(8,9)13-4-2-10-5(11)1-3-12/h12H,1-4H2,(H,10,11). The highest BCUT2D eigenvalue weighted by atomic mass is 32.2. The molecule has 78 valence electrons. The van der Waals surface area contributed by atoms with Crippen molar-refractivity contribution < 1.29 is 18.0 Å². The number of thiol groups is 1. The van der Waals surface area contributed by atoms with Gasteiger partial charge in [0.25, 0.3) is 0 Å². The van der Waals surface area contributed by atoms with E-state index >= 15 is 0 Å². The van der Waals surface area contributed by atoms with Gasteiger partial charge in [0.2, 0.25) is 5.91 Å². The minimum atomic E-state index is -4.21. The van der Waals surface area contributed by atoms with Gasteiger partial charge in [-0.25, -0.2) is 0 Å². The molecule has 0 spiro atoms. The number of halogens is 3. The second-order valence-electron chi connectivity index (χ2n) is 2.12. The van der Waals surface area contributed by atoms with Crippen molar-refractivity contribution in [2.24, 2.45) is 0 Å². The van der Waals surface area contributed by atoms with Crippen molar-refractivity contribution >= 4 is 30.3 Å². The Bertz CT molecular complexity index is 162. The highest BCUT2D eigenvalue weighted by molar-refractivity contribution is 8.00. The van der Waals surface area contributed by atoms with Crippen LogP contribution in [0.4, 0.5) is 13.2 Å². The van der Waals surface area contributed by atoms with Crippen LogP contribution in [0.2, 0.25) is 0 Å². The van der Waals surface area contributed by atoms with Crippen LogP contribution in [0.5, 0.6) is 0 Å². The molecule has 0 unspecified atom stereocenters. The average molecular weight is 233 g/mol. The van der Waals surface area contributed by atoms with E-state index in [1.54, 1.807) is 0 Å². The van der Waals surface area contributed by atoms with Crippen LogP contribution < -0.4 is 5.32 Å². The molecule has 0 heterocycles. The molecule has 0 aromatic rings. The number of hydrogen-bond donors (Lipinski definition) is 2. The lowest BCUT2D eigenvalue weighted by atomic mass is 10.4. The van der Waals surface area contributed by atoms with Gasteiger partial charge in [0, 0.05) is 18.7 Å². The summed E-state index contributed by atoms with van der Waals surface area (Å²) in [6.45, 7) is 0.0385. The average Bonchev–Trinajstić information content (AvgIpc) is 1.97. The van der Waals surface area contributed by atoms with Crippen LogP contribution in [0.15, 0.2) is 0 Å². The normalized spacial score (nSPS) is 11.4. The van der Waals surface area contributed by atoms with E-state index in [-0.39, 0.29) is 36.4 Å². The highest BCUT2D eigenvalue weighted by Gasteiger charge is 2.27. The summed E-state index contributed by atoms with van der Waals surface area (Å²) in [5.41, 5.74) is -4.21. The number of thioether (sulfide) groups is 1. The number of alkyl halides is 3. The van der Waals surface area contributed by atoms with Crippen LogP contribution in [-0.4, -0.2) is 29.5 Å². The van der Waals surface area contributed by atoms with Gasteiger partial charge in [-0.1, -0.05) is 0 Å². The summed E-state index contributed by atoms with van der Waals surface area (Å²) in [5, 5.41) is 2.35. The molecule has 0 saturated heterocycles. The van der Waals surface area contributed by atoms with Crippen LogP contribution in [-0.2, 0) is 4.79 Å². The fraction of sp³-hybridized carbons (Fsp3) is 0.833. The number of rotatable bonds is 5. The predicted molar refractivity (Wildman–Crippen MR) is 50.0 cm³/mol. The third-order valence-corrected chi connectivity index (χ3v) is 1.99. The lowest BCUT2D eigenvalue weighted by Crippen LogP contribution is -2.26. The lowest BCUT2D eigenvalue weighted by molar-refractivity contribution is -0.120. The number of carbonyl (C=O) groups is 1. The Kier molecular flexibility index (Phi) is 6.40. The van der Waals surface area contributed by atoms with Crippen molar-refractivity contribution in [1.29, 1.82) is 0 Å². The largest absolute Gasteiger partial charge is 0.441 e. The SMILES string of the molecule is O=C(CCS)NCCSC(F)(F)F. The van der Waals surface area contributed by atoms with Gasteiger partial charge in [-0.15, -0.1) is 0 Å². The van der Waals surface area contributed by atoms with Gasteiger partial charge < -0.3 is 5.32 Å². The summed E-state index contributed by atoms with van der Waals surface area (Å²) >= 11 is 3.66. The second-order valence-corrected chi connectivity index (χ2v) is 3.72. The van der Waals surface area contributed by atoms with Gasteiger partial charge in [-0.2, -0.15) is 25.8 Å². The first-order valence-corrected chi connectivity index (χ1v) is 5.16. The maximum atomic E-state index is 11.6. The van der Waals surface area contributed by atoms with E-state index < -0.39 is 5.51 Å². The molecule has 0 atom stereocenters. The van der Waals surface area contributed by atoms with Crippen LogP contribution in [0.25, 0.3) is 0 Å². The third-order valence-electron chi connectivity index (χ3n) is 1.03. The number of hydrogen-bond acceptors (Lipinski definition) is 3. The van der Waals surface area contributed by atoms with E-state index in [1.807, 2.05) is 0 Å². The van der Waals surface area contributed by atoms with Crippen molar-refractivity contribution in [2.45, 2.75) is 11.9 Å². The van der Waals surface area contributed by atoms with Gasteiger partial charge >= 0.3 is 5.51 Å². The number of amides is 1. The molecular weight excluding hydrogens is 223 g/mol. The Labute approximate surface area is 84.1 Å². The molecule has 1 N–H and O–H groups in total. The van der Waals surface area contributed by atoms with Crippen LogP contribution >= 0.6 is 24.4 Å². The van der Waals surface area contributed by atoms with E-state index in [9.17, 15) is 18.0 Å². The second kappa shape index (κ2) is 6.42. The summed E-state index contributed by atoms with van der Waals surface area (Å²) in [5.74, 6) is -0.0159. The molecule has 0 aliphatic rings. The van der Waals surface area contributed by atoms with Gasteiger partial charge in [0.1, 0.15) is 0 Å². The first-order valence-electron chi connectivity index (χ1n) is 3.54. The van der Waals surface area contributed by atoms with E-state index in [2.05, 4.69) is 17.9 Å². The van der Waals surface area contributed by atoms with Crippen molar-refractivity contribution in [3.8, 4) is 0 Å². The van der Waals surface area contributed by atoms with Crippen molar-refractivity contribution in [2.75, 3.05) is 18.1 Å². The molecule has 0 aliphatic carbocycles. The number of nitrogens with one attached hydrogen (secondary N) is 1. The Hall–Kier alpha value is -0.0400. The van der Waals surface area contributed by atoms with Crippen LogP contribution in [0.1, 0.15) is 6.42 Å². The Morgan fingerprint density at radius 3 is 2.54 bits per heavy atom. The molecule has 0 radical (unpaired) electrons. The molecule has 7 heteroatoms. The Morgan fingerprint density at radius 1 is 1.46 bits per heavy atom. The zero-order valence-electron chi connectivity index (χ0n) is 6.73. The molecule has 1 amide bonds. The van der Waals surface area contributed by atoms with E-state index in [4.69, 9.17) is 0 Å². The monoisotopic (exact) mass is 233 g/mol. The molecule has 0 fully saturated rings. The van der Waals surface area contributed by atoms with Crippen LogP contribution in [0.3, 0.4) is 0 Å². The number of carbonyl (C=O) groups excluding carboxylic acids is 1. The van der Waals surface area contributed by atoms with Gasteiger partial charge in [0.15, 0.2) is 0 Å². The molecule has 0 rings (SSSR count). The minimum absolute atomic E-state index is 0.0385. The van der Waals surface area contributed by atoms with Crippen molar-refractivity contribution in [3.63, 3.8) is 0 Å². The minimum Gasteiger partial charge on any atom is -0.355 e. The molecule has 13 heavy (non-hydrogen) atoms. The topological polar surface area (TPSA) is 29.1 Å². The van der Waals surface area contributed by atoms with Crippen molar-refractivity contribution in [1.82, 2.24) is 5.32 Å². The summed E-state index contributed by atoms with van der Waals surface area (Å²) in [7, 11) is 0. The van der Waals surface area contributed by atoms with Gasteiger partial charge in [-0.05, 0) is 17.5 Å². The molecule has 0 aromatic heterocycles. The Balaban J connectivity index is 3.31. The molecule has 2 nitrogen and oxygen atoms in total. The lowest BCUT2D eigenvalue weighted by Gasteiger charge is -2.06.